The molecule has 2 N–H and O–H groups in total. The Morgan fingerprint density at radius 1 is 1.64 bits per heavy atom. The minimum absolute atomic E-state index is 0.388. The maximum atomic E-state index is 11.3. The van der Waals surface area contributed by atoms with E-state index >= 15 is 0 Å². The zero-order valence-corrected chi connectivity index (χ0v) is 8.04. The molecular formula is C9H7N3OS. The number of nitrogens with zero attached hydrogens (tertiary/aromatic N) is 2. The van der Waals surface area contributed by atoms with E-state index in [2.05, 4.69) is 4.99 Å². The number of aliphatic imine (C=N–C) groups is 1. The molecule has 14 heavy (non-hydrogen) atoms. The summed E-state index contributed by atoms with van der Waals surface area (Å²) in [6.45, 7) is 0.669. The van der Waals surface area contributed by atoms with E-state index in [0.29, 0.717) is 12.2 Å². The van der Waals surface area contributed by atoms with Crippen LogP contribution in [0.25, 0.3) is 11.4 Å². The lowest BCUT2D eigenvalue weighted by atomic mass is 10.2. The highest BCUT2D eigenvalue weighted by molar-refractivity contribution is 7.08. The van der Waals surface area contributed by atoms with Crippen molar-refractivity contribution in [1.82, 2.24) is 4.90 Å². The van der Waals surface area contributed by atoms with Crippen molar-refractivity contribution in [1.29, 1.82) is 0 Å². The molecule has 0 fully saturated rings. The van der Waals surface area contributed by atoms with Gasteiger partial charge in [-0.1, -0.05) is 0 Å². The summed E-state index contributed by atoms with van der Waals surface area (Å²) < 4.78 is 0.941. The molecule has 0 saturated heterocycles. The Kier molecular flexibility index (Phi) is 1.36. The first-order chi connectivity index (χ1) is 6.77. The van der Waals surface area contributed by atoms with Gasteiger partial charge in [-0.3, -0.25) is 4.79 Å². The highest BCUT2D eigenvalue weighted by Gasteiger charge is 2.25. The summed E-state index contributed by atoms with van der Waals surface area (Å²) in [5, 5.41) is 3.01. The van der Waals surface area contributed by atoms with E-state index in [4.69, 9.17) is 5.73 Å². The Balaban J connectivity index is 2.52. The van der Waals surface area contributed by atoms with E-state index in [0.717, 1.165) is 15.4 Å². The van der Waals surface area contributed by atoms with Gasteiger partial charge in [-0.05, 0) is 11.4 Å². The van der Waals surface area contributed by atoms with E-state index in [1.165, 1.54) is 11.3 Å². The summed E-state index contributed by atoms with van der Waals surface area (Å²) in [5.74, 6) is -0.388. The third-order valence-electron chi connectivity index (χ3n) is 2.38. The molecule has 2 aliphatic rings. The van der Waals surface area contributed by atoms with Crippen molar-refractivity contribution in [2.24, 2.45) is 10.7 Å². The summed E-state index contributed by atoms with van der Waals surface area (Å²) >= 11 is 1.53. The van der Waals surface area contributed by atoms with Crippen molar-refractivity contribution in [3.05, 3.63) is 21.2 Å². The summed E-state index contributed by atoms with van der Waals surface area (Å²) in [6, 6.07) is 1.98. The largest absolute Gasteiger partial charge is 0.364 e. The minimum atomic E-state index is -0.388. The molecule has 0 spiro atoms. The fraction of sp³-hybridized carbons (Fsp3) is 0.111. The minimum Gasteiger partial charge on any atom is -0.364 e. The van der Waals surface area contributed by atoms with Gasteiger partial charge in [0.1, 0.15) is 5.70 Å². The van der Waals surface area contributed by atoms with Gasteiger partial charge in [0.05, 0.1) is 23.1 Å². The second kappa shape index (κ2) is 2.45. The van der Waals surface area contributed by atoms with Crippen molar-refractivity contribution in [2.45, 2.75) is 0 Å². The van der Waals surface area contributed by atoms with Crippen LogP contribution in [-0.2, 0) is 4.79 Å². The lowest BCUT2D eigenvalue weighted by Crippen LogP contribution is -2.41. The Bertz CT molecular complexity index is 569. The van der Waals surface area contributed by atoms with Gasteiger partial charge in [-0.2, -0.15) is 0 Å². The van der Waals surface area contributed by atoms with E-state index < -0.39 is 0 Å². The molecule has 0 unspecified atom stereocenters. The zero-order chi connectivity index (χ0) is 9.71. The van der Waals surface area contributed by atoms with Gasteiger partial charge in [0.15, 0.2) is 0 Å². The number of nitrogens with two attached hydrogens (primary N) is 1. The van der Waals surface area contributed by atoms with Gasteiger partial charge in [-0.25, -0.2) is 4.99 Å². The number of primary amides is 1. The monoisotopic (exact) mass is 205 g/mol. The normalized spacial score (nSPS) is 17.6. The highest BCUT2D eigenvalue weighted by Crippen LogP contribution is 2.16. The first-order valence-corrected chi connectivity index (χ1v) is 5.07. The Morgan fingerprint density at radius 3 is 3.29 bits per heavy atom. The number of amides is 1. The van der Waals surface area contributed by atoms with Crippen molar-refractivity contribution in [3.63, 3.8) is 0 Å². The van der Waals surface area contributed by atoms with Crippen LogP contribution >= 0.6 is 11.3 Å². The first kappa shape index (κ1) is 7.75. The molecule has 3 rings (SSSR count). The molecule has 0 saturated carbocycles. The SMILES string of the molecule is NC(=O)C1=c2sccc2=C2CN1C=N2. The van der Waals surface area contributed by atoms with Crippen LogP contribution in [0, 0.1) is 0 Å². The number of carbonyl (C=O) groups is 1. The Morgan fingerprint density at radius 2 is 2.50 bits per heavy atom. The molecule has 5 heteroatoms. The third kappa shape index (κ3) is 0.820. The highest BCUT2D eigenvalue weighted by atomic mass is 32.1. The molecule has 0 radical (unpaired) electrons. The predicted octanol–water partition coefficient (Wildman–Crippen LogP) is -1.19. The van der Waals surface area contributed by atoms with Gasteiger partial charge < -0.3 is 10.6 Å². The van der Waals surface area contributed by atoms with Gasteiger partial charge in [0.2, 0.25) is 0 Å². The molecule has 1 aromatic rings. The number of carbonyl (C=O) groups excluding carboxylic acids is 1. The van der Waals surface area contributed by atoms with Crippen LogP contribution in [0.15, 0.2) is 16.4 Å². The van der Waals surface area contributed by atoms with Crippen molar-refractivity contribution >= 4 is 35.0 Å². The molecule has 0 aliphatic carbocycles. The number of hydrogen-bond acceptors (Lipinski definition) is 4. The van der Waals surface area contributed by atoms with Crippen LogP contribution in [0.1, 0.15) is 0 Å². The lowest BCUT2D eigenvalue weighted by molar-refractivity contribution is -0.113. The summed E-state index contributed by atoms with van der Waals surface area (Å²) in [6.07, 6.45) is 1.67. The van der Waals surface area contributed by atoms with Crippen molar-refractivity contribution in [3.8, 4) is 0 Å². The molecule has 1 amide bonds. The molecule has 0 aromatic carbocycles. The summed E-state index contributed by atoms with van der Waals surface area (Å²) in [7, 11) is 0. The Hall–Kier alpha value is -1.62. The second-order valence-electron chi connectivity index (χ2n) is 3.20. The predicted molar refractivity (Wildman–Crippen MR) is 54.8 cm³/mol. The molecule has 0 atom stereocenters. The maximum Gasteiger partial charge on any atom is 0.266 e. The fourth-order valence-corrected chi connectivity index (χ4v) is 2.76. The maximum absolute atomic E-state index is 11.3. The molecule has 3 heterocycles. The third-order valence-corrected chi connectivity index (χ3v) is 3.31. The lowest BCUT2D eigenvalue weighted by Gasteiger charge is -2.17. The zero-order valence-electron chi connectivity index (χ0n) is 7.23. The molecule has 2 bridgehead atoms. The first-order valence-electron chi connectivity index (χ1n) is 4.19. The van der Waals surface area contributed by atoms with Crippen molar-refractivity contribution < 1.29 is 4.79 Å². The fourth-order valence-electron chi connectivity index (χ4n) is 1.78. The number of fused-ring (bicyclic) bond motifs is 3. The number of hydrogen-bond donors (Lipinski definition) is 1. The summed E-state index contributed by atoms with van der Waals surface area (Å²) in [5.41, 5.74) is 6.93. The van der Waals surface area contributed by atoms with E-state index in [1.54, 1.807) is 11.2 Å². The molecular weight excluding hydrogens is 198 g/mol. The van der Waals surface area contributed by atoms with Crippen molar-refractivity contribution in [2.75, 3.05) is 6.54 Å². The topological polar surface area (TPSA) is 58.7 Å². The van der Waals surface area contributed by atoms with Gasteiger partial charge in [0, 0.05) is 5.22 Å². The van der Waals surface area contributed by atoms with Gasteiger partial charge in [0.25, 0.3) is 5.91 Å². The van der Waals surface area contributed by atoms with E-state index in [9.17, 15) is 4.79 Å². The van der Waals surface area contributed by atoms with E-state index in [1.807, 2.05) is 11.4 Å². The molecule has 70 valence electrons. The average Bonchev–Trinajstić information content (AvgIpc) is 2.73. The second-order valence-corrected chi connectivity index (χ2v) is 4.11. The van der Waals surface area contributed by atoms with Crippen LogP contribution in [0.3, 0.4) is 0 Å². The van der Waals surface area contributed by atoms with Crippen LogP contribution < -0.4 is 15.5 Å². The molecule has 1 aromatic heterocycles. The summed E-state index contributed by atoms with van der Waals surface area (Å²) in [4.78, 5) is 17.3. The quantitative estimate of drug-likeness (QED) is 0.626. The van der Waals surface area contributed by atoms with Crippen LogP contribution in [0.2, 0.25) is 0 Å². The van der Waals surface area contributed by atoms with Crippen LogP contribution in [-0.4, -0.2) is 23.7 Å². The van der Waals surface area contributed by atoms with Crippen LogP contribution in [0.4, 0.5) is 0 Å². The molecule has 4 nitrogen and oxygen atoms in total. The van der Waals surface area contributed by atoms with E-state index in [-0.39, 0.29) is 5.91 Å². The van der Waals surface area contributed by atoms with Gasteiger partial charge in [-0.15, -0.1) is 11.3 Å². The smallest absolute Gasteiger partial charge is 0.266 e. The average molecular weight is 205 g/mol. The van der Waals surface area contributed by atoms with Crippen LogP contribution in [0.5, 0.6) is 0 Å². The Labute approximate surface area is 83.7 Å². The standard InChI is InChI=1S/C9H7N3OS/c10-9(13)7-8-5(1-2-14-8)6-3-12(7)4-11-6/h1-2,4H,3H2,(H2,10,13). The number of thiophene rings is 1. The number of rotatable bonds is 1. The van der Waals surface area contributed by atoms with Gasteiger partial charge >= 0.3 is 0 Å². The molecule has 2 aliphatic heterocycles.